The van der Waals surface area contributed by atoms with E-state index in [0.29, 0.717) is 13.1 Å². The van der Waals surface area contributed by atoms with E-state index in [2.05, 4.69) is 0 Å². The molecule has 0 bridgehead atoms. The first-order chi connectivity index (χ1) is 14.8. The predicted octanol–water partition coefficient (Wildman–Crippen LogP) is 2.08. The van der Waals surface area contributed by atoms with Crippen LogP contribution in [-0.4, -0.2) is 68.9 Å². The first kappa shape index (κ1) is 22.8. The molecule has 1 aliphatic heterocycles. The van der Waals surface area contributed by atoms with Gasteiger partial charge in [0.05, 0.1) is 10.5 Å². The largest absolute Gasteiger partial charge is 0.490 e. The van der Waals surface area contributed by atoms with E-state index in [1.807, 2.05) is 31.2 Å². The van der Waals surface area contributed by atoms with Crippen molar-refractivity contribution in [3.63, 3.8) is 0 Å². The average molecular weight is 447 g/mol. The monoisotopic (exact) mass is 446 g/mol. The fourth-order valence-corrected chi connectivity index (χ4v) is 4.73. The summed E-state index contributed by atoms with van der Waals surface area (Å²) in [4.78, 5) is 25.4. The summed E-state index contributed by atoms with van der Waals surface area (Å²) in [6.45, 7) is 4.73. The second-order valence-corrected chi connectivity index (χ2v) is 9.13. The van der Waals surface area contributed by atoms with Crippen LogP contribution in [0.5, 0.6) is 5.75 Å². The first-order valence-corrected chi connectivity index (χ1v) is 11.4. The van der Waals surface area contributed by atoms with Crippen LogP contribution in [0.3, 0.4) is 0 Å². The number of carbonyl (C=O) groups excluding carboxylic acids is 2. The molecule has 0 unspecified atom stereocenters. The van der Waals surface area contributed by atoms with Gasteiger partial charge in [-0.2, -0.15) is 4.31 Å². The quantitative estimate of drug-likeness (QED) is 0.478. The maximum atomic E-state index is 12.9. The molecule has 8 nitrogen and oxygen atoms in total. The molecule has 0 N–H and O–H groups in total. The summed E-state index contributed by atoms with van der Waals surface area (Å²) >= 11 is 0. The molecule has 1 heterocycles. The first-order valence-electron chi connectivity index (χ1n) is 10.0. The van der Waals surface area contributed by atoms with E-state index in [9.17, 15) is 18.0 Å². The summed E-state index contributed by atoms with van der Waals surface area (Å²) in [6, 6.07) is 13.3. The van der Waals surface area contributed by atoms with Gasteiger partial charge >= 0.3 is 5.97 Å². The van der Waals surface area contributed by atoms with Gasteiger partial charge in [0.1, 0.15) is 19.0 Å². The van der Waals surface area contributed by atoms with Crippen molar-refractivity contribution in [2.75, 3.05) is 39.4 Å². The van der Waals surface area contributed by atoms with Gasteiger partial charge in [0.25, 0.3) is 0 Å². The van der Waals surface area contributed by atoms with Crippen LogP contribution in [0.25, 0.3) is 0 Å². The molecule has 0 atom stereocenters. The molecule has 0 saturated carbocycles. The number of para-hydroxylation sites is 1. The lowest BCUT2D eigenvalue weighted by Gasteiger charge is -2.33. The molecule has 0 radical (unpaired) electrons. The minimum atomic E-state index is -3.77. The van der Waals surface area contributed by atoms with Crippen molar-refractivity contribution in [1.82, 2.24) is 9.21 Å². The summed E-state index contributed by atoms with van der Waals surface area (Å²) in [5, 5.41) is 0. The maximum absolute atomic E-state index is 12.9. The van der Waals surface area contributed by atoms with Gasteiger partial charge in [-0.1, -0.05) is 24.3 Å². The maximum Gasteiger partial charge on any atom is 0.338 e. The van der Waals surface area contributed by atoms with Gasteiger partial charge in [0, 0.05) is 33.1 Å². The number of ether oxygens (including phenoxy) is 2. The van der Waals surface area contributed by atoms with E-state index in [-0.39, 0.29) is 42.7 Å². The highest BCUT2D eigenvalue weighted by Gasteiger charge is 2.29. The second-order valence-electron chi connectivity index (χ2n) is 7.19. The Morgan fingerprint density at radius 2 is 1.68 bits per heavy atom. The number of sulfonamides is 1. The fraction of sp³-hybridized carbons (Fsp3) is 0.364. The summed E-state index contributed by atoms with van der Waals surface area (Å²) in [5.41, 5.74) is 1.13. The molecule has 0 aliphatic carbocycles. The number of esters is 1. The van der Waals surface area contributed by atoms with Crippen molar-refractivity contribution in [3.8, 4) is 5.75 Å². The number of rotatable bonds is 7. The number of amides is 1. The number of piperazine rings is 1. The molecule has 3 rings (SSSR count). The van der Waals surface area contributed by atoms with Crippen molar-refractivity contribution in [1.29, 1.82) is 0 Å². The van der Waals surface area contributed by atoms with E-state index < -0.39 is 16.0 Å². The highest BCUT2D eigenvalue weighted by Crippen LogP contribution is 2.20. The van der Waals surface area contributed by atoms with Gasteiger partial charge in [-0.25, -0.2) is 13.2 Å². The smallest absolute Gasteiger partial charge is 0.338 e. The van der Waals surface area contributed by atoms with Crippen LogP contribution < -0.4 is 4.74 Å². The Morgan fingerprint density at radius 3 is 2.35 bits per heavy atom. The minimum absolute atomic E-state index is 0.0226. The van der Waals surface area contributed by atoms with Crippen molar-refractivity contribution in [2.45, 2.75) is 18.7 Å². The number of aryl methyl sites for hydroxylation is 1. The predicted molar refractivity (Wildman–Crippen MR) is 114 cm³/mol. The van der Waals surface area contributed by atoms with Crippen LogP contribution >= 0.6 is 0 Å². The number of hydrogen-bond acceptors (Lipinski definition) is 6. The zero-order valence-corrected chi connectivity index (χ0v) is 18.4. The molecule has 2 aromatic carbocycles. The van der Waals surface area contributed by atoms with E-state index >= 15 is 0 Å². The lowest BCUT2D eigenvalue weighted by Crippen LogP contribution is -2.49. The third kappa shape index (κ3) is 5.62. The van der Waals surface area contributed by atoms with E-state index in [0.717, 1.165) is 11.3 Å². The topological polar surface area (TPSA) is 93.2 Å². The van der Waals surface area contributed by atoms with Crippen molar-refractivity contribution in [2.24, 2.45) is 0 Å². The summed E-state index contributed by atoms with van der Waals surface area (Å²) in [7, 11) is -3.77. The van der Waals surface area contributed by atoms with Gasteiger partial charge in [-0.15, -0.1) is 0 Å². The number of nitrogens with zero attached hydrogens (tertiary/aromatic N) is 2. The van der Waals surface area contributed by atoms with Crippen molar-refractivity contribution in [3.05, 3.63) is 59.7 Å². The van der Waals surface area contributed by atoms with Crippen LogP contribution in [0.4, 0.5) is 0 Å². The molecule has 1 amide bonds. The number of hydrogen-bond donors (Lipinski definition) is 0. The normalized spacial score (nSPS) is 14.8. The number of carbonyl (C=O) groups is 2. The molecule has 2 aromatic rings. The molecule has 1 fully saturated rings. The van der Waals surface area contributed by atoms with Gasteiger partial charge in [0.2, 0.25) is 15.9 Å². The zero-order valence-electron chi connectivity index (χ0n) is 17.6. The Hall–Kier alpha value is -2.91. The molecule has 0 aromatic heterocycles. The molecule has 9 heteroatoms. The average Bonchev–Trinajstić information content (AvgIpc) is 2.77. The molecule has 1 aliphatic rings. The lowest BCUT2D eigenvalue weighted by molar-refractivity contribution is -0.129. The molecule has 1 saturated heterocycles. The highest BCUT2D eigenvalue weighted by molar-refractivity contribution is 7.89. The molecule has 166 valence electrons. The van der Waals surface area contributed by atoms with Gasteiger partial charge in [0.15, 0.2) is 0 Å². The van der Waals surface area contributed by atoms with Gasteiger partial charge in [-0.3, -0.25) is 4.79 Å². The Labute approximate surface area is 182 Å². The lowest BCUT2D eigenvalue weighted by atomic mass is 10.2. The van der Waals surface area contributed by atoms with Crippen LogP contribution in [0.15, 0.2) is 53.4 Å². The summed E-state index contributed by atoms with van der Waals surface area (Å²) in [5.74, 6) is 0.0246. The molecular weight excluding hydrogens is 420 g/mol. The van der Waals surface area contributed by atoms with Crippen molar-refractivity contribution < 1.29 is 27.5 Å². The zero-order chi connectivity index (χ0) is 22.4. The number of benzene rings is 2. The van der Waals surface area contributed by atoms with Gasteiger partial charge < -0.3 is 14.4 Å². The SMILES string of the molecule is CC(=O)N1CCN(S(=O)(=O)c2cccc(C(=O)OCCOc3ccccc3C)c2)CC1. The van der Waals surface area contributed by atoms with Crippen LogP contribution in [-0.2, 0) is 19.6 Å². The summed E-state index contributed by atoms with van der Waals surface area (Å²) in [6.07, 6.45) is 0. The van der Waals surface area contributed by atoms with Gasteiger partial charge in [-0.05, 0) is 36.8 Å². The highest BCUT2D eigenvalue weighted by atomic mass is 32.2. The van der Waals surface area contributed by atoms with E-state index in [4.69, 9.17) is 9.47 Å². The molecule has 31 heavy (non-hydrogen) atoms. The Bertz CT molecular complexity index is 1050. The van der Waals surface area contributed by atoms with Crippen LogP contribution in [0, 0.1) is 6.92 Å². The second kappa shape index (κ2) is 9.93. The summed E-state index contributed by atoms with van der Waals surface area (Å²) < 4.78 is 38.0. The standard InChI is InChI=1S/C22H26N2O6S/c1-17-6-3-4-9-21(17)29-14-15-30-22(26)19-7-5-8-20(16-19)31(27,28)24-12-10-23(11-13-24)18(2)25/h3-9,16H,10-15H2,1-2H3. The molecular formula is C22H26N2O6S. The third-order valence-corrected chi connectivity index (χ3v) is 6.95. The minimum Gasteiger partial charge on any atom is -0.490 e. The Balaban J connectivity index is 1.58. The fourth-order valence-electron chi connectivity index (χ4n) is 3.26. The Morgan fingerprint density at radius 1 is 0.968 bits per heavy atom. The Kier molecular flexibility index (Phi) is 7.29. The van der Waals surface area contributed by atoms with E-state index in [1.54, 1.807) is 4.90 Å². The van der Waals surface area contributed by atoms with E-state index in [1.165, 1.54) is 35.5 Å². The van der Waals surface area contributed by atoms with Crippen LogP contribution in [0.2, 0.25) is 0 Å². The van der Waals surface area contributed by atoms with Crippen molar-refractivity contribution >= 4 is 21.9 Å². The van der Waals surface area contributed by atoms with Crippen LogP contribution in [0.1, 0.15) is 22.8 Å². The third-order valence-electron chi connectivity index (χ3n) is 5.06. The molecule has 0 spiro atoms.